The molecule has 5 heteroatoms. The van der Waals surface area contributed by atoms with Crippen molar-refractivity contribution in [3.05, 3.63) is 41.2 Å². The number of aromatic carboxylic acids is 1. The zero-order valence-electron chi connectivity index (χ0n) is 10.8. The fourth-order valence-corrected chi connectivity index (χ4v) is 1.96. The summed E-state index contributed by atoms with van der Waals surface area (Å²) in [4.78, 5) is 11.3. The second-order valence-electron chi connectivity index (χ2n) is 4.12. The van der Waals surface area contributed by atoms with Crippen molar-refractivity contribution in [2.75, 3.05) is 7.11 Å². The average Bonchev–Trinajstić information content (AvgIpc) is 2.83. The molecule has 0 amide bonds. The van der Waals surface area contributed by atoms with E-state index < -0.39 is 5.97 Å². The summed E-state index contributed by atoms with van der Waals surface area (Å²) < 4.78 is 10.2. The van der Waals surface area contributed by atoms with Crippen molar-refractivity contribution in [2.24, 2.45) is 0 Å². The number of rotatable bonds is 5. The largest absolute Gasteiger partial charge is 0.477 e. The summed E-state index contributed by atoms with van der Waals surface area (Å²) in [6, 6.07) is 7.42. The van der Waals surface area contributed by atoms with Crippen molar-refractivity contribution >= 4 is 5.97 Å². The standard InChI is InChI=1S/C14H15NO4/c1-3-11-12(14(16)17)13(15-19-11)10-6-4-5-9(7-10)8-18-2/h4-7H,3,8H2,1-2H3,(H,16,17). The van der Waals surface area contributed by atoms with Gasteiger partial charge in [0.15, 0.2) is 5.76 Å². The smallest absolute Gasteiger partial charge is 0.341 e. The Morgan fingerprint density at radius 1 is 1.47 bits per heavy atom. The molecule has 2 aromatic rings. The topological polar surface area (TPSA) is 72.6 Å². The van der Waals surface area contributed by atoms with Crippen LogP contribution in [0.15, 0.2) is 28.8 Å². The second-order valence-corrected chi connectivity index (χ2v) is 4.12. The van der Waals surface area contributed by atoms with Gasteiger partial charge in [0, 0.05) is 19.1 Å². The molecule has 0 aliphatic carbocycles. The van der Waals surface area contributed by atoms with Crippen molar-refractivity contribution in [1.82, 2.24) is 5.16 Å². The van der Waals surface area contributed by atoms with Crippen LogP contribution in [0, 0.1) is 0 Å². The summed E-state index contributed by atoms with van der Waals surface area (Å²) in [5.74, 6) is -0.634. The van der Waals surface area contributed by atoms with Gasteiger partial charge < -0.3 is 14.4 Å². The Balaban J connectivity index is 2.49. The van der Waals surface area contributed by atoms with E-state index in [-0.39, 0.29) is 5.56 Å². The third kappa shape index (κ3) is 2.66. The van der Waals surface area contributed by atoms with Gasteiger partial charge in [0.05, 0.1) is 6.61 Å². The first-order chi connectivity index (χ1) is 9.17. The van der Waals surface area contributed by atoms with Gasteiger partial charge in [-0.3, -0.25) is 0 Å². The molecule has 0 aliphatic rings. The number of ether oxygens (including phenoxy) is 1. The van der Waals surface area contributed by atoms with Crippen LogP contribution in [0.1, 0.15) is 28.6 Å². The highest BCUT2D eigenvalue weighted by atomic mass is 16.5. The maximum absolute atomic E-state index is 11.3. The second kappa shape index (κ2) is 5.67. The quantitative estimate of drug-likeness (QED) is 0.895. The molecular weight excluding hydrogens is 246 g/mol. The van der Waals surface area contributed by atoms with Gasteiger partial charge >= 0.3 is 5.97 Å². The van der Waals surface area contributed by atoms with Crippen molar-refractivity contribution in [2.45, 2.75) is 20.0 Å². The van der Waals surface area contributed by atoms with Gasteiger partial charge in [-0.15, -0.1) is 0 Å². The van der Waals surface area contributed by atoms with E-state index in [0.29, 0.717) is 24.5 Å². The van der Waals surface area contributed by atoms with Gasteiger partial charge in [0.2, 0.25) is 0 Å². The maximum Gasteiger partial charge on any atom is 0.341 e. The van der Waals surface area contributed by atoms with Crippen LogP contribution in [0.5, 0.6) is 0 Å². The molecule has 0 saturated carbocycles. The lowest BCUT2D eigenvalue weighted by molar-refractivity contribution is 0.0695. The summed E-state index contributed by atoms with van der Waals surface area (Å²) in [7, 11) is 1.61. The van der Waals surface area contributed by atoms with Crippen LogP contribution >= 0.6 is 0 Å². The van der Waals surface area contributed by atoms with Gasteiger partial charge in [-0.25, -0.2) is 4.79 Å². The number of aromatic nitrogens is 1. The Morgan fingerprint density at radius 3 is 2.89 bits per heavy atom. The summed E-state index contributed by atoms with van der Waals surface area (Å²) in [5, 5.41) is 13.2. The molecule has 0 unspecified atom stereocenters. The highest BCUT2D eigenvalue weighted by molar-refractivity contribution is 5.95. The zero-order valence-corrected chi connectivity index (χ0v) is 10.8. The maximum atomic E-state index is 11.3. The molecular formula is C14H15NO4. The molecule has 0 saturated heterocycles. The van der Waals surface area contributed by atoms with Gasteiger partial charge in [-0.05, 0) is 11.6 Å². The first-order valence-corrected chi connectivity index (χ1v) is 5.97. The van der Waals surface area contributed by atoms with Crippen LogP contribution in [0.4, 0.5) is 0 Å². The van der Waals surface area contributed by atoms with Crippen LogP contribution in [0.3, 0.4) is 0 Å². The molecule has 1 aromatic heterocycles. The number of hydrogen-bond acceptors (Lipinski definition) is 4. The van der Waals surface area contributed by atoms with Gasteiger partial charge in [0.25, 0.3) is 0 Å². The van der Waals surface area contributed by atoms with Crippen molar-refractivity contribution in [3.63, 3.8) is 0 Å². The molecule has 0 aliphatic heterocycles. The monoisotopic (exact) mass is 261 g/mol. The van der Waals surface area contributed by atoms with E-state index in [4.69, 9.17) is 9.26 Å². The molecule has 0 atom stereocenters. The molecule has 0 bridgehead atoms. The van der Waals surface area contributed by atoms with E-state index in [0.717, 1.165) is 11.1 Å². The Labute approximate surface area is 110 Å². The molecule has 0 spiro atoms. The number of hydrogen-bond donors (Lipinski definition) is 1. The average molecular weight is 261 g/mol. The van der Waals surface area contributed by atoms with E-state index in [1.54, 1.807) is 7.11 Å². The van der Waals surface area contributed by atoms with E-state index in [1.165, 1.54) is 0 Å². The zero-order chi connectivity index (χ0) is 13.8. The minimum absolute atomic E-state index is 0.136. The molecule has 5 nitrogen and oxygen atoms in total. The Kier molecular flexibility index (Phi) is 3.97. The molecule has 100 valence electrons. The van der Waals surface area contributed by atoms with Crippen LogP contribution in [0.2, 0.25) is 0 Å². The Bertz CT molecular complexity index is 589. The number of aryl methyl sites for hydroxylation is 1. The number of benzene rings is 1. The van der Waals surface area contributed by atoms with Crippen LogP contribution in [0.25, 0.3) is 11.3 Å². The number of carboxylic acids is 1. The first-order valence-electron chi connectivity index (χ1n) is 5.97. The molecule has 0 radical (unpaired) electrons. The molecule has 19 heavy (non-hydrogen) atoms. The summed E-state index contributed by atoms with van der Waals surface area (Å²) >= 11 is 0. The molecule has 2 rings (SSSR count). The fraction of sp³-hybridized carbons (Fsp3) is 0.286. The lowest BCUT2D eigenvalue weighted by atomic mass is 10.0. The minimum atomic E-state index is -1.02. The predicted molar refractivity (Wildman–Crippen MR) is 69.0 cm³/mol. The SMILES string of the molecule is CCc1onc(-c2cccc(COC)c2)c1C(=O)O. The molecule has 1 aromatic carbocycles. The van der Waals surface area contributed by atoms with E-state index in [2.05, 4.69) is 5.16 Å². The molecule has 1 N–H and O–H groups in total. The first kappa shape index (κ1) is 13.3. The van der Waals surface area contributed by atoms with Crippen molar-refractivity contribution in [3.8, 4) is 11.3 Å². The van der Waals surface area contributed by atoms with Crippen LogP contribution < -0.4 is 0 Å². The normalized spacial score (nSPS) is 10.6. The predicted octanol–water partition coefficient (Wildman–Crippen LogP) is 2.75. The number of methoxy groups -OCH3 is 1. The third-order valence-electron chi connectivity index (χ3n) is 2.81. The van der Waals surface area contributed by atoms with E-state index >= 15 is 0 Å². The van der Waals surface area contributed by atoms with Crippen LogP contribution in [-0.4, -0.2) is 23.3 Å². The summed E-state index contributed by atoms with van der Waals surface area (Å²) in [6.07, 6.45) is 0.492. The van der Waals surface area contributed by atoms with Crippen molar-refractivity contribution in [1.29, 1.82) is 0 Å². The Hall–Kier alpha value is -2.14. The fourth-order valence-electron chi connectivity index (χ4n) is 1.96. The van der Waals surface area contributed by atoms with Gasteiger partial charge in [0.1, 0.15) is 11.3 Å². The van der Waals surface area contributed by atoms with Gasteiger partial charge in [-0.1, -0.05) is 30.3 Å². The van der Waals surface area contributed by atoms with E-state index in [1.807, 2.05) is 31.2 Å². The lowest BCUT2D eigenvalue weighted by Crippen LogP contribution is -2.01. The van der Waals surface area contributed by atoms with Gasteiger partial charge in [-0.2, -0.15) is 0 Å². The summed E-state index contributed by atoms with van der Waals surface area (Å²) in [6.45, 7) is 2.30. The highest BCUT2D eigenvalue weighted by Crippen LogP contribution is 2.26. The number of carbonyl (C=O) groups is 1. The number of nitrogens with zero attached hydrogens (tertiary/aromatic N) is 1. The summed E-state index contributed by atoms with van der Waals surface area (Å²) in [5.41, 5.74) is 2.17. The van der Waals surface area contributed by atoms with E-state index in [9.17, 15) is 9.90 Å². The third-order valence-corrected chi connectivity index (χ3v) is 2.81. The van der Waals surface area contributed by atoms with Crippen LogP contribution in [-0.2, 0) is 17.8 Å². The Morgan fingerprint density at radius 2 is 2.26 bits per heavy atom. The minimum Gasteiger partial charge on any atom is -0.477 e. The lowest BCUT2D eigenvalue weighted by Gasteiger charge is -2.03. The molecule has 0 fully saturated rings. The number of carboxylic acid groups (broad SMARTS) is 1. The van der Waals surface area contributed by atoms with Crippen molar-refractivity contribution < 1.29 is 19.2 Å². The highest BCUT2D eigenvalue weighted by Gasteiger charge is 2.22. The molecule has 1 heterocycles.